The van der Waals surface area contributed by atoms with Gasteiger partial charge in [-0.25, -0.2) is 4.98 Å². The second-order valence-corrected chi connectivity index (χ2v) is 7.17. The fourth-order valence-electron chi connectivity index (χ4n) is 2.43. The summed E-state index contributed by atoms with van der Waals surface area (Å²) in [4.78, 5) is 27.7. The first-order valence-electron chi connectivity index (χ1n) is 8.51. The maximum absolute atomic E-state index is 12.2. The minimum absolute atomic E-state index is 0.315. The number of carbonyl (C=O) groups is 2. The number of benzene rings is 2. The molecule has 148 valence electrons. The van der Waals surface area contributed by atoms with Crippen molar-refractivity contribution in [3.05, 3.63) is 64.5 Å². The van der Waals surface area contributed by atoms with Crippen molar-refractivity contribution in [3.8, 4) is 22.8 Å². The van der Waals surface area contributed by atoms with Gasteiger partial charge in [0.2, 0.25) is 5.91 Å². The molecular formula is C21H17ClN2O4S. The Bertz CT molecular complexity index is 1060. The van der Waals surface area contributed by atoms with Gasteiger partial charge in [0.1, 0.15) is 0 Å². The van der Waals surface area contributed by atoms with Gasteiger partial charge in [0, 0.05) is 29.0 Å². The number of hydrogen-bond donors (Lipinski definition) is 1. The van der Waals surface area contributed by atoms with Crippen LogP contribution in [-0.2, 0) is 9.59 Å². The number of hydrogen-bond acceptors (Lipinski definition) is 6. The average molecular weight is 429 g/mol. The third kappa shape index (κ3) is 5.66. The third-order valence-electron chi connectivity index (χ3n) is 3.74. The molecule has 1 amide bonds. The molecule has 3 aromatic rings. The van der Waals surface area contributed by atoms with E-state index in [1.807, 2.05) is 17.5 Å². The van der Waals surface area contributed by atoms with Crippen LogP contribution in [0, 0.1) is 0 Å². The van der Waals surface area contributed by atoms with Crippen molar-refractivity contribution >= 4 is 46.0 Å². The molecule has 0 fully saturated rings. The minimum Gasteiger partial charge on any atom is -0.493 e. The summed E-state index contributed by atoms with van der Waals surface area (Å²) in [5, 5.41) is 5.74. The topological polar surface area (TPSA) is 77.5 Å². The number of ether oxygens (including phenoxy) is 2. The molecule has 29 heavy (non-hydrogen) atoms. The maximum atomic E-state index is 12.2. The van der Waals surface area contributed by atoms with Crippen molar-refractivity contribution in [3.63, 3.8) is 0 Å². The number of esters is 1. The molecule has 1 aromatic heterocycles. The van der Waals surface area contributed by atoms with Gasteiger partial charge < -0.3 is 9.47 Å². The molecule has 0 unspecified atom stereocenters. The molecule has 0 atom stereocenters. The molecule has 3 rings (SSSR count). The van der Waals surface area contributed by atoms with E-state index in [0.29, 0.717) is 27.2 Å². The number of thiazole rings is 1. The molecule has 0 radical (unpaired) electrons. The van der Waals surface area contributed by atoms with Crippen LogP contribution >= 0.6 is 22.9 Å². The highest BCUT2D eigenvalue weighted by Gasteiger charge is 2.09. The van der Waals surface area contributed by atoms with E-state index in [0.717, 1.165) is 11.3 Å². The molecule has 0 aliphatic rings. The van der Waals surface area contributed by atoms with Gasteiger partial charge in [-0.05, 0) is 35.9 Å². The summed E-state index contributed by atoms with van der Waals surface area (Å²) in [6.45, 7) is 1.31. The lowest BCUT2D eigenvalue weighted by atomic mass is 10.2. The molecule has 0 saturated heterocycles. The predicted molar refractivity (Wildman–Crippen MR) is 115 cm³/mol. The second-order valence-electron chi connectivity index (χ2n) is 5.87. The Labute approximate surface area is 176 Å². The summed E-state index contributed by atoms with van der Waals surface area (Å²) < 4.78 is 10.3. The largest absolute Gasteiger partial charge is 0.493 e. The number of nitrogens with zero attached hydrogens (tertiary/aromatic N) is 1. The van der Waals surface area contributed by atoms with Crippen molar-refractivity contribution in [1.82, 2.24) is 4.98 Å². The highest BCUT2D eigenvalue weighted by molar-refractivity contribution is 7.14. The van der Waals surface area contributed by atoms with E-state index < -0.39 is 5.97 Å². The fraction of sp³-hybridized carbons (Fsp3) is 0.0952. The van der Waals surface area contributed by atoms with E-state index in [1.54, 1.807) is 36.4 Å². The van der Waals surface area contributed by atoms with E-state index in [1.165, 1.54) is 31.4 Å². The van der Waals surface area contributed by atoms with E-state index in [2.05, 4.69) is 10.3 Å². The fourth-order valence-corrected chi connectivity index (χ4v) is 3.28. The number of anilines is 1. The molecule has 0 spiro atoms. The third-order valence-corrected chi connectivity index (χ3v) is 4.75. The van der Waals surface area contributed by atoms with Gasteiger partial charge >= 0.3 is 5.97 Å². The van der Waals surface area contributed by atoms with Crippen molar-refractivity contribution in [2.45, 2.75) is 6.92 Å². The van der Waals surface area contributed by atoms with E-state index in [9.17, 15) is 9.59 Å². The highest BCUT2D eigenvalue weighted by Crippen LogP contribution is 2.29. The zero-order valence-corrected chi connectivity index (χ0v) is 17.2. The molecule has 8 heteroatoms. The number of carbonyl (C=O) groups excluding carboxylic acids is 2. The van der Waals surface area contributed by atoms with Crippen molar-refractivity contribution < 1.29 is 19.1 Å². The summed E-state index contributed by atoms with van der Waals surface area (Å²) in [7, 11) is 1.48. The van der Waals surface area contributed by atoms with E-state index >= 15 is 0 Å². The Balaban J connectivity index is 1.65. The van der Waals surface area contributed by atoms with Gasteiger partial charge in [-0.2, -0.15) is 0 Å². The number of methoxy groups -OCH3 is 1. The zero-order valence-electron chi connectivity index (χ0n) is 15.6. The molecule has 1 heterocycles. The van der Waals surface area contributed by atoms with Gasteiger partial charge in [0.05, 0.1) is 12.8 Å². The molecule has 6 nitrogen and oxygen atoms in total. The number of amides is 1. The second kappa shape index (κ2) is 9.36. The lowest BCUT2D eigenvalue weighted by molar-refractivity contribution is -0.132. The van der Waals surface area contributed by atoms with Crippen LogP contribution in [0.25, 0.3) is 17.3 Å². The molecule has 1 N–H and O–H groups in total. The monoisotopic (exact) mass is 428 g/mol. The van der Waals surface area contributed by atoms with Gasteiger partial charge in [0.15, 0.2) is 16.6 Å². The van der Waals surface area contributed by atoms with Crippen LogP contribution in [0.4, 0.5) is 5.13 Å². The smallest absolute Gasteiger partial charge is 0.308 e. The molecule has 2 aromatic carbocycles. The Hall–Kier alpha value is -3.16. The van der Waals surface area contributed by atoms with E-state index in [4.69, 9.17) is 21.1 Å². The van der Waals surface area contributed by atoms with Gasteiger partial charge in [-0.1, -0.05) is 29.8 Å². The van der Waals surface area contributed by atoms with Crippen molar-refractivity contribution in [2.24, 2.45) is 0 Å². The van der Waals surface area contributed by atoms with E-state index in [-0.39, 0.29) is 5.91 Å². The maximum Gasteiger partial charge on any atom is 0.308 e. The first-order chi connectivity index (χ1) is 13.9. The number of rotatable bonds is 6. The van der Waals surface area contributed by atoms with Crippen LogP contribution in [0.1, 0.15) is 12.5 Å². The zero-order chi connectivity index (χ0) is 20.8. The summed E-state index contributed by atoms with van der Waals surface area (Å²) in [6.07, 6.45) is 3.02. The van der Waals surface area contributed by atoms with Crippen LogP contribution in [-0.4, -0.2) is 24.0 Å². The standard InChI is InChI=1S/C21H17ClN2O4S/c1-13(25)28-18-9-3-14(11-19(18)27-2)4-10-20(26)24-21-23-17(12-29-21)15-5-7-16(22)8-6-15/h3-12H,1-2H3,(H,23,24,26). The molecule has 0 aliphatic heterocycles. The quantitative estimate of drug-likeness (QED) is 0.337. The Morgan fingerprint density at radius 3 is 2.59 bits per heavy atom. The van der Waals surface area contributed by atoms with Gasteiger partial charge in [-0.15, -0.1) is 11.3 Å². The summed E-state index contributed by atoms with van der Waals surface area (Å²) in [5.74, 6) is -0.0353. The van der Waals surface area contributed by atoms with Crippen LogP contribution in [0.5, 0.6) is 11.5 Å². The van der Waals surface area contributed by atoms with Crippen molar-refractivity contribution in [2.75, 3.05) is 12.4 Å². The van der Waals surface area contributed by atoms with Crippen molar-refractivity contribution in [1.29, 1.82) is 0 Å². The van der Waals surface area contributed by atoms with Crippen LogP contribution < -0.4 is 14.8 Å². The van der Waals surface area contributed by atoms with Crippen LogP contribution in [0.2, 0.25) is 5.02 Å². The number of halogens is 1. The predicted octanol–water partition coefficient (Wildman–Crippen LogP) is 5.05. The Kier molecular flexibility index (Phi) is 6.64. The molecule has 0 saturated carbocycles. The number of aromatic nitrogens is 1. The molecular weight excluding hydrogens is 412 g/mol. The minimum atomic E-state index is -0.438. The lowest BCUT2D eigenvalue weighted by Crippen LogP contribution is -2.07. The van der Waals surface area contributed by atoms with Gasteiger partial charge in [0.25, 0.3) is 0 Å². The number of nitrogens with one attached hydrogen (secondary N) is 1. The first-order valence-corrected chi connectivity index (χ1v) is 9.77. The Morgan fingerprint density at radius 2 is 1.90 bits per heavy atom. The summed E-state index contributed by atoms with van der Waals surface area (Å²) >= 11 is 7.23. The average Bonchev–Trinajstić information content (AvgIpc) is 3.15. The highest BCUT2D eigenvalue weighted by atomic mass is 35.5. The molecule has 0 bridgehead atoms. The lowest BCUT2D eigenvalue weighted by Gasteiger charge is -2.08. The van der Waals surface area contributed by atoms with Crippen LogP contribution in [0.15, 0.2) is 53.9 Å². The molecule has 0 aliphatic carbocycles. The Morgan fingerprint density at radius 1 is 1.14 bits per heavy atom. The van der Waals surface area contributed by atoms with Crippen LogP contribution in [0.3, 0.4) is 0 Å². The first kappa shape index (κ1) is 20.6. The summed E-state index contributed by atoms with van der Waals surface area (Å²) in [5.41, 5.74) is 2.40. The normalized spacial score (nSPS) is 10.7. The SMILES string of the molecule is COc1cc(C=CC(=O)Nc2nc(-c3ccc(Cl)cc3)cs2)ccc1OC(C)=O. The summed E-state index contributed by atoms with van der Waals surface area (Å²) in [6, 6.07) is 12.3. The van der Waals surface area contributed by atoms with Gasteiger partial charge in [-0.3, -0.25) is 14.9 Å².